The molecule has 3 saturated heterocycles. The molecule has 1 aromatic rings. The minimum absolute atomic E-state index is 0.0602. The fourth-order valence-corrected chi connectivity index (χ4v) is 7.36. The maximum Gasteiger partial charge on any atom is 0.410 e. The topological polar surface area (TPSA) is 154 Å². The van der Waals surface area contributed by atoms with E-state index in [2.05, 4.69) is 15.1 Å². The second-order valence-corrected chi connectivity index (χ2v) is 14.6. The quantitative estimate of drug-likeness (QED) is 0.439. The van der Waals surface area contributed by atoms with Crippen molar-refractivity contribution in [1.82, 2.24) is 20.0 Å². The largest absolute Gasteiger partial charge is 0.444 e. The first-order chi connectivity index (χ1) is 19.7. The van der Waals surface area contributed by atoms with Crippen molar-refractivity contribution in [2.45, 2.75) is 56.9 Å². The lowest BCUT2D eigenvalue weighted by Crippen LogP contribution is -2.58. The molecule has 0 radical (unpaired) electrons. The van der Waals surface area contributed by atoms with E-state index in [4.69, 9.17) is 4.74 Å². The van der Waals surface area contributed by atoms with E-state index in [-0.39, 0.29) is 42.8 Å². The second kappa shape index (κ2) is 11.3. The number of ether oxygens (including phenoxy) is 1. The van der Waals surface area contributed by atoms with Crippen LogP contribution in [0, 0.1) is 0 Å². The summed E-state index contributed by atoms with van der Waals surface area (Å²) in [4.78, 5) is 68.7. The summed E-state index contributed by atoms with van der Waals surface area (Å²) in [7, 11) is -3.31. The predicted octanol–water partition coefficient (Wildman–Crippen LogP) is 0.634. The zero-order chi connectivity index (χ0) is 30.4. The maximum absolute atomic E-state index is 13.1. The van der Waals surface area contributed by atoms with Gasteiger partial charge in [0.1, 0.15) is 11.6 Å². The van der Waals surface area contributed by atoms with Gasteiger partial charge in [-0.2, -0.15) is 0 Å². The first kappa shape index (κ1) is 30.0. The highest BCUT2D eigenvalue weighted by Gasteiger charge is 2.45. The highest BCUT2D eigenvalue weighted by Crippen LogP contribution is 2.31. The number of sulfone groups is 1. The number of likely N-dealkylation sites (tertiary alicyclic amines) is 1. The van der Waals surface area contributed by atoms with Gasteiger partial charge >= 0.3 is 6.09 Å². The molecule has 1 N–H and O–H groups in total. The number of nitrogens with zero attached hydrogens (tertiary/aromatic N) is 4. The van der Waals surface area contributed by atoms with Gasteiger partial charge in [0.25, 0.3) is 11.8 Å². The Morgan fingerprint density at radius 3 is 2.31 bits per heavy atom. The van der Waals surface area contributed by atoms with E-state index < -0.39 is 56.5 Å². The van der Waals surface area contributed by atoms with Gasteiger partial charge in [-0.25, -0.2) is 13.2 Å². The average molecular weight is 604 g/mol. The van der Waals surface area contributed by atoms with Crippen molar-refractivity contribution >= 4 is 45.2 Å². The van der Waals surface area contributed by atoms with Crippen LogP contribution in [0.25, 0.3) is 0 Å². The summed E-state index contributed by atoms with van der Waals surface area (Å²) in [5.74, 6) is -2.06. The van der Waals surface area contributed by atoms with E-state index in [1.165, 1.54) is 4.90 Å². The Hall–Kier alpha value is -3.52. The molecule has 0 bridgehead atoms. The second-order valence-electron chi connectivity index (χ2n) is 12.2. The number of amides is 5. The molecule has 4 aliphatic heterocycles. The van der Waals surface area contributed by atoms with Crippen molar-refractivity contribution in [2.24, 2.45) is 0 Å². The Morgan fingerprint density at radius 2 is 1.67 bits per heavy atom. The molecule has 5 amide bonds. The van der Waals surface area contributed by atoms with Gasteiger partial charge in [0.05, 0.1) is 22.1 Å². The number of hydrogen-bond acceptors (Lipinski definition) is 10. The van der Waals surface area contributed by atoms with E-state index in [1.807, 2.05) is 0 Å². The molecule has 1 aromatic carbocycles. The summed E-state index contributed by atoms with van der Waals surface area (Å²) in [5, 5.41) is 1.65. The van der Waals surface area contributed by atoms with Crippen molar-refractivity contribution in [3.8, 4) is 0 Å². The van der Waals surface area contributed by atoms with Crippen molar-refractivity contribution < 1.29 is 37.1 Å². The third kappa shape index (κ3) is 6.14. The fourth-order valence-electron chi connectivity index (χ4n) is 5.68. The Balaban J connectivity index is 1.09. The summed E-state index contributed by atoms with van der Waals surface area (Å²) in [5.41, 5.74) is 0.660. The summed E-state index contributed by atoms with van der Waals surface area (Å²) >= 11 is 0. The lowest BCUT2D eigenvalue weighted by molar-refractivity contribution is -0.136. The number of fused-ring (bicyclic) bond motifs is 1. The molecule has 0 aromatic heterocycles. The molecule has 0 spiro atoms. The summed E-state index contributed by atoms with van der Waals surface area (Å²) < 4.78 is 30.8. The van der Waals surface area contributed by atoms with Crippen molar-refractivity contribution in [3.05, 3.63) is 29.3 Å². The van der Waals surface area contributed by atoms with Gasteiger partial charge in [-0.3, -0.25) is 34.3 Å². The van der Waals surface area contributed by atoms with Crippen molar-refractivity contribution in [3.63, 3.8) is 0 Å². The van der Waals surface area contributed by atoms with E-state index in [0.29, 0.717) is 39.1 Å². The van der Waals surface area contributed by atoms with E-state index >= 15 is 0 Å². The van der Waals surface area contributed by atoms with Crippen LogP contribution >= 0.6 is 0 Å². The molecule has 13 nitrogen and oxygen atoms in total. The highest BCUT2D eigenvalue weighted by molar-refractivity contribution is 7.92. The van der Waals surface area contributed by atoms with Crippen LogP contribution in [0.1, 0.15) is 60.7 Å². The highest BCUT2D eigenvalue weighted by atomic mass is 32.2. The number of imide groups is 2. The Kier molecular flexibility index (Phi) is 8.05. The first-order valence-corrected chi connectivity index (χ1v) is 16.0. The molecule has 1 atom stereocenters. The third-order valence-corrected chi connectivity index (χ3v) is 10.2. The number of carbonyl (C=O) groups is 5. The van der Waals surface area contributed by atoms with Gasteiger partial charge in [0.15, 0.2) is 9.84 Å². The number of piperazine rings is 1. The number of rotatable bonds is 7. The summed E-state index contributed by atoms with van der Waals surface area (Å²) in [6.45, 7) is 9.02. The van der Waals surface area contributed by atoms with E-state index in [0.717, 1.165) is 10.6 Å². The van der Waals surface area contributed by atoms with Gasteiger partial charge < -0.3 is 14.5 Å². The van der Waals surface area contributed by atoms with Crippen molar-refractivity contribution in [1.29, 1.82) is 0 Å². The van der Waals surface area contributed by atoms with Crippen molar-refractivity contribution in [2.75, 3.05) is 56.5 Å². The number of carbonyl (C=O) groups excluding carboxylic acids is 5. The van der Waals surface area contributed by atoms with Crippen LogP contribution in [0.15, 0.2) is 18.2 Å². The molecule has 1 unspecified atom stereocenters. The lowest BCUT2D eigenvalue weighted by Gasteiger charge is -2.39. The summed E-state index contributed by atoms with van der Waals surface area (Å²) in [6, 6.07) is 4.08. The number of hydrogen-bond donors (Lipinski definition) is 1. The SMILES string of the molecule is CC(C)(C)OC(=O)N1CC(S(=O)(=O)CCCN2CCN(c3ccc4c(c3)C(=O)N(C3CCC(=O)NC3=O)C4=O)CC2)C1. The smallest absolute Gasteiger partial charge is 0.410 e. The molecule has 3 fully saturated rings. The standard InChI is InChI=1S/C28H37N5O8S/c1-28(2,3)41-27(38)32-16-19(17-32)42(39,40)14-4-9-30-10-12-31(13-11-30)18-5-6-20-21(15-18)26(37)33(25(20)36)22-7-8-23(34)29-24(22)35/h5-6,15,19,22H,4,7-14,16-17H2,1-3H3,(H,29,34,35). The average Bonchev–Trinajstić information content (AvgIpc) is 3.11. The maximum atomic E-state index is 13.1. The molecule has 42 heavy (non-hydrogen) atoms. The van der Waals surface area contributed by atoms with Gasteiger partial charge in [-0.1, -0.05) is 0 Å². The minimum Gasteiger partial charge on any atom is -0.444 e. The fraction of sp³-hybridized carbons (Fsp3) is 0.607. The van der Waals surface area contributed by atoms with Gasteiger partial charge in [-0.05, 0) is 58.4 Å². The minimum atomic E-state index is -3.31. The zero-order valence-electron chi connectivity index (χ0n) is 24.1. The normalized spacial score (nSPS) is 22.3. The van der Waals surface area contributed by atoms with E-state index in [9.17, 15) is 32.4 Å². The first-order valence-electron chi connectivity index (χ1n) is 14.3. The lowest BCUT2D eigenvalue weighted by atomic mass is 10.0. The van der Waals surface area contributed by atoms with Gasteiger partial charge in [0.2, 0.25) is 11.8 Å². The van der Waals surface area contributed by atoms with Crippen LogP contribution in [0.5, 0.6) is 0 Å². The van der Waals surface area contributed by atoms with E-state index in [1.54, 1.807) is 39.0 Å². The Labute approximate surface area is 245 Å². The molecule has 0 saturated carbocycles. The molecule has 4 heterocycles. The van der Waals surface area contributed by atoms with Gasteiger partial charge in [0, 0.05) is 51.4 Å². The van der Waals surface area contributed by atoms with Crippen LogP contribution < -0.4 is 10.2 Å². The molecule has 4 aliphatic rings. The molecule has 0 aliphatic carbocycles. The molecule has 5 rings (SSSR count). The number of anilines is 1. The van der Waals surface area contributed by atoms with Crippen LogP contribution in [0.3, 0.4) is 0 Å². The van der Waals surface area contributed by atoms with Gasteiger partial charge in [-0.15, -0.1) is 0 Å². The Morgan fingerprint density at radius 1 is 1.00 bits per heavy atom. The number of nitrogens with one attached hydrogen (secondary N) is 1. The Bertz CT molecular complexity index is 1410. The molecule has 228 valence electrons. The third-order valence-electron chi connectivity index (χ3n) is 8.07. The van der Waals surface area contributed by atoms with Crippen LogP contribution in [0.2, 0.25) is 0 Å². The van der Waals surface area contributed by atoms with Crippen LogP contribution in [0.4, 0.5) is 10.5 Å². The van der Waals surface area contributed by atoms with Crippen LogP contribution in [-0.4, -0.2) is 121 Å². The molecular formula is C28H37N5O8S. The molecule has 14 heteroatoms. The number of benzene rings is 1. The molecular weight excluding hydrogens is 566 g/mol. The zero-order valence-corrected chi connectivity index (χ0v) is 24.9. The number of piperidine rings is 1. The monoisotopic (exact) mass is 603 g/mol. The summed E-state index contributed by atoms with van der Waals surface area (Å²) in [6.07, 6.45) is 0.185. The predicted molar refractivity (Wildman–Crippen MR) is 152 cm³/mol. The van der Waals surface area contributed by atoms with Crippen LogP contribution in [-0.2, 0) is 24.2 Å².